The van der Waals surface area contributed by atoms with E-state index in [2.05, 4.69) is 5.32 Å². The molecule has 0 radical (unpaired) electrons. The molecule has 2 aromatic carbocycles. The smallest absolute Gasteiger partial charge is 0.416 e. The normalized spacial score (nSPS) is 11.0. The van der Waals surface area contributed by atoms with Crippen molar-refractivity contribution in [3.8, 4) is 11.5 Å². The van der Waals surface area contributed by atoms with Crippen LogP contribution in [-0.2, 0) is 11.0 Å². The molecule has 194 valence electrons. The molecular weight excluding hydrogens is 575 g/mol. The van der Waals surface area contributed by atoms with Gasteiger partial charge in [-0.1, -0.05) is 46.4 Å². The van der Waals surface area contributed by atoms with Crippen molar-refractivity contribution in [1.82, 2.24) is 5.32 Å². The van der Waals surface area contributed by atoms with Crippen LogP contribution in [0.3, 0.4) is 0 Å². The fraction of sp³-hybridized carbons (Fsp3) is 0.238. The second-order valence-corrected chi connectivity index (χ2v) is 8.66. The van der Waals surface area contributed by atoms with Crippen molar-refractivity contribution in [2.75, 3.05) is 13.2 Å². The maximum atomic E-state index is 12.8. The van der Waals surface area contributed by atoms with Crippen LogP contribution >= 0.6 is 46.4 Å². The van der Waals surface area contributed by atoms with Crippen LogP contribution in [0.1, 0.15) is 28.8 Å². The van der Waals surface area contributed by atoms with E-state index in [0.29, 0.717) is 12.1 Å². The number of nitrogens with zero attached hydrogens (tertiary/aromatic N) is 1. The number of nitro groups is 1. The summed E-state index contributed by atoms with van der Waals surface area (Å²) in [7, 11) is 0. The zero-order chi connectivity index (χ0) is 27.0. The van der Waals surface area contributed by atoms with Gasteiger partial charge in [-0.05, 0) is 24.6 Å². The predicted molar refractivity (Wildman–Crippen MR) is 127 cm³/mol. The van der Waals surface area contributed by atoms with Gasteiger partial charge in [0.15, 0.2) is 5.75 Å². The Hall–Kier alpha value is -2.73. The summed E-state index contributed by atoms with van der Waals surface area (Å²) in [6.07, 6.45) is -3.59. The minimum atomic E-state index is -4.81. The van der Waals surface area contributed by atoms with E-state index in [-0.39, 0.29) is 58.1 Å². The number of carbonyl (C=O) groups excluding carboxylic acids is 2. The molecule has 0 heterocycles. The minimum Gasteiger partial charge on any atom is -0.489 e. The van der Waals surface area contributed by atoms with Gasteiger partial charge in [-0.2, -0.15) is 13.2 Å². The minimum absolute atomic E-state index is 0.00603. The van der Waals surface area contributed by atoms with Gasteiger partial charge >= 0.3 is 12.1 Å². The topological polar surface area (TPSA) is 108 Å². The Balaban J connectivity index is 1.91. The number of halogens is 7. The van der Waals surface area contributed by atoms with Crippen LogP contribution in [0.25, 0.3) is 0 Å². The first-order valence-corrected chi connectivity index (χ1v) is 11.3. The van der Waals surface area contributed by atoms with Gasteiger partial charge in [-0.15, -0.1) is 0 Å². The summed E-state index contributed by atoms with van der Waals surface area (Å²) in [4.78, 5) is 34.4. The third-order valence-electron chi connectivity index (χ3n) is 4.28. The van der Waals surface area contributed by atoms with Crippen molar-refractivity contribution in [2.24, 2.45) is 0 Å². The number of hydrogen-bond acceptors (Lipinski definition) is 6. The Kier molecular flexibility index (Phi) is 10.7. The van der Waals surface area contributed by atoms with Crippen molar-refractivity contribution in [3.63, 3.8) is 0 Å². The molecule has 8 nitrogen and oxygen atoms in total. The summed E-state index contributed by atoms with van der Waals surface area (Å²) in [6, 6.07) is 4.25. The molecule has 0 aliphatic heterocycles. The molecule has 0 fully saturated rings. The third kappa shape index (κ3) is 8.74. The number of rotatable bonds is 10. The van der Waals surface area contributed by atoms with Gasteiger partial charge in [0, 0.05) is 31.2 Å². The van der Waals surface area contributed by atoms with Gasteiger partial charge in [0.1, 0.15) is 22.4 Å². The number of ether oxygens (including phenoxy) is 2. The number of benzene rings is 2. The SMILES string of the molecule is O=C(CCCNC(=O)c1ccc(C(F)(F)F)cc1[N+](=O)[O-])Oc1c(Cl)cc(OCC=C(Cl)Cl)cc1Cl. The summed E-state index contributed by atoms with van der Waals surface area (Å²) >= 11 is 23.1. The molecule has 2 aromatic rings. The number of amides is 1. The van der Waals surface area contributed by atoms with E-state index in [9.17, 15) is 32.9 Å². The van der Waals surface area contributed by atoms with Crippen LogP contribution in [-0.4, -0.2) is 30.0 Å². The molecule has 2 rings (SSSR count). The molecule has 36 heavy (non-hydrogen) atoms. The van der Waals surface area contributed by atoms with Crippen LogP contribution in [0, 0.1) is 10.1 Å². The monoisotopic (exact) mass is 588 g/mol. The van der Waals surface area contributed by atoms with E-state index in [0.717, 1.165) is 0 Å². The first-order chi connectivity index (χ1) is 16.8. The second kappa shape index (κ2) is 13.0. The Morgan fingerprint density at radius 3 is 2.31 bits per heavy atom. The standard InChI is InChI=1S/C21H15Cl4F3N2O6/c22-14-9-12(35-7-5-17(24)25)10-15(23)19(14)36-18(31)2-1-6-29-20(32)13-4-3-11(21(26,27)28)8-16(13)30(33)34/h3-5,8-10H,1-2,6-7H2,(H,29,32). The van der Waals surface area contributed by atoms with Gasteiger partial charge in [-0.3, -0.25) is 19.7 Å². The maximum absolute atomic E-state index is 12.8. The number of esters is 1. The van der Waals surface area contributed by atoms with Crippen LogP contribution in [0.5, 0.6) is 11.5 Å². The van der Waals surface area contributed by atoms with E-state index in [1.165, 1.54) is 18.2 Å². The van der Waals surface area contributed by atoms with E-state index in [4.69, 9.17) is 55.9 Å². The largest absolute Gasteiger partial charge is 0.489 e. The summed E-state index contributed by atoms with van der Waals surface area (Å²) in [5, 5.41) is 13.4. The Morgan fingerprint density at radius 1 is 1.11 bits per heavy atom. The number of hydrogen-bond donors (Lipinski definition) is 1. The molecule has 1 N–H and O–H groups in total. The quantitative estimate of drug-likeness (QED) is 0.108. The molecule has 0 saturated heterocycles. The van der Waals surface area contributed by atoms with Crippen LogP contribution in [0.15, 0.2) is 40.9 Å². The Labute approximate surface area is 222 Å². The van der Waals surface area contributed by atoms with Crippen molar-refractivity contribution in [1.29, 1.82) is 0 Å². The van der Waals surface area contributed by atoms with Crippen LogP contribution in [0.2, 0.25) is 10.0 Å². The summed E-state index contributed by atoms with van der Waals surface area (Å²) in [6.45, 7) is -0.0908. The van der Waals surface area contributed by atoms with Crippen LogP contribution in [0.4, 0.5) is 18.9 Å². The molecule has 0 unspecified atom stereocenters. The van der Waals surface area contributed by atoms with Crippen molar-refractivity contribution >= 4 is 64.0 Å². The van der Waals surface area contributed by atoms with E-state index >= 15 is 0 Å². The van der Waals surface area contributed by atoms with Crippen molar-refractivity contribution in [3.05, 3.63) is 72.2 Å². The van der Waals surface area contributed by atoms with Gasteiger partial charge in [0.05, 0.1) is 20.5 Å². The lowest BCUT2D eigenvalue weighted by molar-refractivity contribution is -0.385. The van der Waals surface area contributed by atoms with Gasteiger partial charge in [-0.25, -0.2) is 0 Å². The average Bonchev–Trinajstić information content (AvgIpc) is 2.77. The fourth-order valence-electron chi connectivity index (χ4n) is 2.66. The van der Waals surface area contributed by atoms with Crippen LogP contribution < -0.4 is 14.8 Å². The molecule has 15 heteroatoms. The molecule has 0 saturated carbocycles. The lowest BCUT2D eigenvalue weighted by Gasteiger charge is -2.11. The molecule has 0 bridgehead atoms. The molecule has 0 aliphatic carbocycles. The van der Waals surface area contributed by atoms with Gasteiger partial charge < -0.3 is 14.8 Å². The predicted octanol–water partition coefficient (Wildman–Crippen LogP) is 6.73. The molecule has 0 aliphatic rings. The molecule has 0 atom stereocenters. The van der Waals surface area contributed by atoms with Gasteiger partial charge in [0.2, 0.25) is 0 Å². The summed E-state index contributed by atoms with van der Waals surface area (Å²) in [5.74, 6) is -1.59. The first kappa shape index (κ1) is 29.5. The highest BCUT2D eigenvalue weighted by Crippen LogP contribution is 2.37. The Morgan fingerprint density at radius 2 is 1.75 bits per heavy atom. The zero-order valence-corrected chi connectivity index (χ0v) is 20.9. The molecule has 1 amide bonds. The zero-order valence-electron chi connectivity index (χ0n) is 17.8. The molecule has 0 spiro atoms. The fourth-order valence-corrected chi connectivity index (χ4v) is 3.33. The Bertz CT molecular complexity index is 1160. The highest BCUT2D eigenvalue weighted by Gasteiger charge is 2.34. The average molecular weight is 590 g/mol. The van der Waals surface area contributed by atoms with Gasteiger partial charge in [0.25, 0.3) is 11.6 Å². The van der Waals surface area contributed by atoms with E-state index in [1.807, 2.05) is 0 Å². The molecular formula is C21H15Cl4F3N2O6. The third-order valence-corrected chi connectivity index (χ3v) is 5.16. The van der Waals surface area contributed by atoms with E-state index < -0.39 is 39.8 Å². The second-order valence-electron chi connectivity index (χ2n) is 6.84. The number of carbonyl (C=O) groups is 2. The lowest BCUT2D eigenvalue weighted by Crippen LogP contribution is -2.26. The number of alkyl halides is 3. The number of nitro benzene ring substituents is 1. The van der Waals surface area contributed by atoms with E-state index in [1.54, 1.807) is 0 Å². The summed E-state index contributed by atoms with van der Waals surface area (Å²) < 4.78 is 48.8. The molecule has 0 aromatic heterocycles. The number of nitrogens with one attached hydrogen (secondary N) is 1. The summed E-state index contributed by atoms with van der Waals surface area (Å²) in [5.41, 5.74) is -2.82. The highest BCUT2D eigenvalue weighted by atomic mass is 35.5. The van der Waals surface area contributed by atoms with Crippen molar-refractivity contribution in [2.45, 2.75) is 19.0 Å². The first-order valence-electron chi connectivity index (χ1n) is 9.77. The van der Waals surface area contributed by atoms with Crippen molar-refractivity contribution < 1.29 is 37.2 Å². The highest BCUT2D eigenvalue weighted by molar-refractivity contribution is 6.55. The lowest BCUT2D eigenvalue weighted by atomic mass is 10.1. The maximum Gasteiger partial charge on any atom is 0.416 e.